The molecule has 1 aromatic heterocycles. The van der Waals surface area contributed by atoms with Crippen molar-refractivity contribution in [3.63, 3.8) is 0 Å². The van der Waals surface area contributed by atoms with Crippen LogP contribution in [0.25, 0.3) is 11.0 Å². The number of hydrogen-bond acceptors (Lipinski definition) is 6. The number of rotatable bonds is 17. The summed E-state index contributed by atoms with van der Waals surface area (Å²) in [5, 5.41) is 12.1. The van der Waals surface area contributed by atoms with Crippen LogP contribution in [0.2, 0.25) is 0 Å². The van der Waals surface area contributed by atoms with E-state index >= 15 is 0 Å². The second-order valence-electron chi connectivity index (χ2n) is 10.7. The third kappa shape index (κ3) is 11.5. The summed E-state index contributed by atoms with van der Waals surface area (Å²) < 4.78 is 10.9. The van der Waals surface area contributed by atoms with Crippen LogP contribution in [0.15, 0.2) is 95.4 Å². The van der Waals surface area contributed by atoms with Crippen LogP contribution in [0.1, 0.15) is 60.2 Å². The van der Waals surface area contributed by atoms with E-state index in [1.165, 1.54) is 0 Å². The van der Waals surface area contributed by atoms with Gasteiger partial charge in [0.25, 0.3) is 5.91 Å². The number of ether oxygens (including phenoxy) is 1. The topological polar surface area (TPSA) is 139 Å². The number of amides is 4. The van der Waals surface area contributed by atoms with Gasteiger partial charge in [0.1, 0.15) is 18.2 Å². The van der Waals surface area contributed by atoms with Gasteiger partial charge in [0.2, 0.25) is 11.8 Å². The minimum absolute atomic E-state index is 0.00573. The fourth-order valence-electron chi connectivity index (χ4n) is 4.67. The lowest BCUT2D eigenvalue weighted by Crippen LogP contribution is -2.47. The molecule has 45 heavy (non-hydrogen) atoms. The Kier molecular flexibility index (Phi) is 13.0. The molecule has 0 aliphatic carbocycles. The maximum Gasteiger partial charge on any atom is 0.407 e. The third-order valence-corrected chi connectivity index (χ3v) is 7.14. The SMILES string of the molecule is O=C(CCCCCNC(=O)[C@H](CCCNC(=O)OCc1ccccc1)NC(=O)c1cc2ccccc2o1)NCc1ccccc1. The Bertz CT molecular complexity index is 1490. The summed E-state index contributed by atoms with van der Waals surface area (Å²) in [4.78, 5) is 50.3. The van der Waals surface area contributed by atoms with E-state index in [2.05, 4.69) is 21.3 Å². The highest BCUT2D eigenvalue weighted by Crippen LogP contribution is 2.19. The Hall–Kier alpha value is -5.12. The molecule has 4 rings (SSSR count). The maximum absolute atomic E-state index is 13.1. The van der Waals surface area contributed by atoms with Gasteiger partial charge in [-0.25, -0.2) is 4.79 Å². The van der Waals surface area contributed by atoms with Crippen molar-refractivity contribution in [1.29, 1.82) is 0 Å². The first-order chi connectivity index (χ1) is 22.0. The lowest BCUT2D eigenvalue weighted by Gasteiger charge is -2.18. The number of carbonyl (C=O) groups excluding carboxylic acids is 4. The first-order valence-corrected chi connectivity index (χ1v) is 15.3. The number of unbranched alkanes of at least 4 members (excludes halogenated alkanes) is 2. The van der Waals surface area contributed by atoms with Crippen LogP contribution in [0.5, 0.6) is 0 Å². The molecular weight excluding hydrogens is 572 g/mol. The summed E-state index contributed by atoms with van der Waals surface area (Å²) in [7, 11) is 0. The number of alkyl carbamates (subject to hydrolysis) is 1. The van der Waals surface area contributed by atoms with Gasteiger partial charge in [-0.3, -0.25) is 14.4 Å². The van der Waals surface area contributed by atoms with E-state index in [4.69, 9.17) is 9.15 Å². The number of hydrogen-bond donors (Lipinski definition) is 4. The van der Waals surface area contributed by atoms with Crippen LogP contribution in [-0.4, -0.2) is 42.9 Å². The molecule has 4 N–H and O–H groups in total. The standard InChI is InChI=1S/C35H40N4O6/c40-32(38-24-26-13-4-1-5-14-26)20-8-3-11-21-36-33(41)29(39-34(42)31-23-28-17-9-10-19-30(28)45-31)18-12-22-37-35(43)44-25-27-15-6-2-7-16-27/h1-2,4-7,9-10,13-17,19,23,29H,3,8,11-12,18,20-22,24-25H2,(H,36,41)(H,37,43)(H,38,40)(H,39,42)/t29-/m0/s1. The van der Waals surface area contributed by atoms with Gasteiger partial charge in [0.05, 0.1) is 0 Å². The molecule has 4 aromatic rings. The van der Waals surface area contributed by atoms with Crippen molar-refractivity contribution in [3.05, 3.63) is 108 Å². The van der Waals surface area contributed by atoms with Crippen LogP contribution >= 0.6 is 0 Å². The van der Waals surface area contributed by atoms with Crippen molar-refractivity contribution in [1.82, 2.24) is 21.3 Å². The summed E-state index contributed by atoms with van der Waals surface area (Å²) in [6, 6.07) is 27.2. The van der Waals surface area contributed by atoms with Crippen LogP contribution in [-0.2, 0) is 27.5 Å². The number of carbonyl (C=O) groups is 4. The molecule has 0 aliphatic heterocycles. The summed E-state index contributed by atoms with van der Waals surface area (Å²) in [5.74, 6) is -0.717. The first kappa shape index (κ1) is 32.8. The molecule has 236 valence electrons. The molecule has 3 aromatic carbocycles. The Balaban J connectivity index is 1.19. The van der Waals surface area contributed by atoms with Crippen molar-refractivity contribution >= 4 is 34.8 Å². The van der Waals surface area contributed by atoms with Gasteiger partial charge in [-0.15, -0.1) is 0 Å². The van der Waals surface area contributed by atoms with E-state index in [1.54, 1.807) is 12.1 Å². The van der Waals surface area contributed by atoms with Crippen LogP contribution in [0.4, 0.5) is 4.79 Å². The third-order valence-electron chi connectivity index (χ3n) is 7.14. The summed E-state index contributed by atoms with van der Waals surface area (Å²) in [5.41, 5.74) is 2.51. The number of nitrogens with one attached hydrogen (secondary N) is 4. The molecule has 0 spiro atoms. The molecule has 0 saturated carbocycles. The second-order valence-corrected chi connectivity index (χ2v) is 10.7. The Morgan fingerprint density at radius 2 is 1.40 bits per heavy atom. The molecule has 0 aliphatic rings. The van der Waals surface area contributed by atoms with Crippen LogP contribution < -0.4 is 21.3 Å². The van der Waals surface area contributed by atoms with Crippen LogP contribution in [0.3, 0.4) is 0 Å². The van der Waals surface area contributed by atoms with E-state index in [-0.39, 0.29) is 30.7 Å². The average molecular weight is 613 g/mol. The van der Waals surface area contributed by atoms with Crippen molar-refractivity contribution in [2.24, 2.45) is 0 Å². The smallest absolute Gasteiger partial charge is 0.407 e. The molecule has 0 radical (unpaired) electrons. The molecule has 0 bridgehead atoms. The quantitative estimate of drug-likeness (QED) is 0.121. The van der Waals surface area contributed by atoms with E-state index in [0.29, 0.717) is 50.8 Å². The van der Waals surface area contributed by atoms with E-state index in [0.717, 1.165) is 22.9 Å². The monoisotopic (exact) mass is 612 g/mol. The molecule has 1 heterocycles. The van der Waals surface area contributed by atoms with Crippen LogP contribution in [0, 0.1) is 0 Å². The average Bonchev–Trinajstić information content (AvgIpc) is 3.51. The highest BCUT2D eigenvalue weighted by molar-refractivity contribution is 5.98. The van der Waals surface area contributed by atoms with Crippen molar-refractivity contribution in [2.75, 3.05) is 13.1 Å². The van der Waals surface area contributed by atoms with Gasteiger partial charge in [-0.2, -0.15) is 0 Å². The van der Waals surface area contributed by atoms with Crippen molar-refractivity contribution < 1.29 is 28.3 Å². The molecular formula is C35H40N4O6. The Morgan fingerprint density at radius 1 is 0.711 bits per heavy atom. The fraction of sp³-hybridized carbons (Fsp3) is 0.314. The van der Waals surface area contributed by atoms with E-state index in [9.17, 15) is 19.2 Å². The van der Waals surface area contributed by atoms with Gasteiger partial charge >= 0.3 is 6.09 Å². The normalized spacial score (nSPS) is 11.4. The highest BCUT2D eigenvalue weighted by atomic mass is 16.5. The first-order valence-electron chi connectivity index (χ1n) is 15.3. The number of fused-ring (bicyclic) bond motifs is 1. The lowest BCUT2D eigenvalue weighted by atomic mass is 10.1. The van der Waals surface area contributed by atoms with Crippen molar-refractivity contribution in [3.8, 4) is 0 Å². The maximum atomic E-state index is 13.1. The Labute approximate surface area is 262 Å². The number of benzene rings is 3. The number of furan rings is 1. The minimum Gasteiger partial charge on any atom is -0.451 e. The molecule has 10 nitrogen and oxygen atoms in total. The largest absolute Gasteiger partial charge is 0.451 e. The summed E-state index contributed by atoms with van der Waals surface area (Å²) in [6.07, 6.45) is 2.74. The van der Waals surface area contributed by atoms with Crippen molar-refractivity contribution in [2.45, 2.75) is 57.7 Å². The summed E-state index contributed by atoms with van der Waals surface area (Å²) in [6.45, 7) is 1.33. The zero-order valence-corrected chi connectivity index (χ0v) is 25.3. The molecule has 10 heteroatoms. The lowest BCUT2D eigenvalue weighted by molar-refractivity contribution is -0.123. The zero-order valence-electron chi connectivity index (χ0n) is 25.3. The molecule has 0 unspecified atom stereocenters. The zero-order chi connectivity index (χ0) is 31.7. The van der Waals surface area contributed by atoms with E-state index in [1.807, 2.05) is 78.9 Å². The van der Waals surface area contributed by atoms with Gasteiger partial charge in [-0.05, 0) is 48.9 Å². The Morgan fingerprint density at radius 3 is 2.16 bits per heavy atom. The molecule has 0 fully saturated rings. The van der Waals surface area contributed by atoms with E-state index < -0.39 is 18.0 Å². The van der Waals surface area contributed by atoms with Gasteiger partial charge < -0.3 is 30.4 Å². The molecule has 0 saturated heterocycles. The molecule has 4 amide bonds. The number of para-hydroxylation sites is 1. The van der Waals surface area contributed by atoms with Gasteiger partial charge in [-0.1, -0.05) is 85.3 Å². The minimum atomic E-state index is -0.836. The predicted molar refractivity (Wildman–Crippen MR) is 171 cm³/mol. The summed E-state index contributed by atoms with van der Waals surface area (Å²) >= 11 is 0. The van der Waals surface area contributed by atoms with Gasteiger partial charge in [0.15, 0.2) is 5.76 Å². The molecule has 1 atom stereocenters. The fourth-order valence-corrected chi connectivity index (χ4v) is 4.67. The second kappa shape index (κ2) is 17.9. The van der Waals surface area contributed by atoms with Gasteiger partial charge in [0, 0.05) is 31.4 Å². The highest BCUT2D eigenvalue weighted by Gasteiger charge is 2.23. The predicted octanol–water partition coefficient (Wildman–Crippen LogP) is 5.23.